The molecule has 1 aliphatic heterocycles. The first kappa shape index (κ1) is 26.5. The van der Waals surface area contributed by atoms with Crippen LogP contribution < -0.4 is 20.7 Å². The molecule has 39 heavy (non-hydrogen) atoms. The Labute approximate surface area is 226 Å². The molecule has 0 bridgehead atoms. The normalized spacial score (nSPS) is 18.1. The molecule has 202 valence electrons. The summed E-state index contributed by atoms with van der Waals surface area (Å²) in [5.74, 6) is 1.41. The average Bonchev–Trinajstić information content (AvgIpc) is 3.46. The SMILES string of the molecule is COc1ccc(C(c2ccccc2)(c2ccc(OC)cc2)C(O)[C@@H]2CC[C@H](n3cc(C)c(=O)[nH]c3=O)O2)cc1. The average molecular weight is 529 g/mol. The summed E-state index contributed by atoms with van der Waals surface area (Å²) in [5, 5.41) is 12.4. The molecular weight excluding hydrogens is 496 g/mol. The van der Waals surface area contributed by atoms with Gasteiger partial charge in [-0.25, -0.2) is 4.79 Å². The zero-order valence-corrected chi connectivity index (χ0v) is 22.2. The summed E-state index contributed by atoms with van der Waals surface area (Å²) in [6.45, 7) is 1.64. The molecule has 8 heteroatoms. The lowest BCUT2D eigenvalue weighted by atomic mass is 9.64. The second kappa shape index (κ2) is 10.9. The van der Waals surface area contributed by atoms with Crippen molar-refractivity contribution in [3.8, 4) is 11.5 Å². The van der Waals surface area contributed by atoms with Gasteiger partial charge >= 0.3 is 5.69 Å². The Kier molecular flexibility index (Phi) is 7.41. The fourth-order valence-corrected chi connectivity index (χ4v) is 5.58. The maximum atomic E-state index is 12.6. The zero-order valence-electron chi connectivity index (χ0n) is 22.2. The molecule has 0 saturated carbocycles. The van der Waals surface area contributed by atoms with Crippen molar-refractivity contribution in [2.45, 2.75) is 43.6 Å². The molecule has 1 fully saturated rings. The van der Waals surface area contributed by atoms with Gasteiger partial charge in [-0.3, -0.25) is 14.3 Å². The van der Waals surface area contributed by atoms with Crippen molar-refractivity contribution in [2.24, 2.45) is 0 Å². The van der Waals surface area contributed by atoms with Crippen molar-refractivity contribution in [1.82, 2.24) is 9.55 Å². The largest absolute Gasteiger partial charge is 0.497 e. The molecule has 2 N–H and O–H groups in total. The molecule has 0 amide bonds. The van der Waals surface area contributed by atoms with Gasteiger partial charge in [-0.05, 0) is 60.7 Å². The van der Waals surface area contributed by atoms with E-state index in [1.54, 1.807) is 21.1 Å². The van der Waals surface area contributed by atoms with Gasteiger partial charge in [-0.2, -0.15) is 0 Å². The number of nitrogens with one attached hydrogen (secondary N) is 1. The Bertz CT molecular complexity index is 1480. The number of hydrogen-bond acceptors (Lipinski definition) is 6. The van der Waals surface area contributed by atoms with Gasteiger partial charge in [0.2, 0.25) is 0 Å². The second-order valence-corrected chi connectivity index (χ2v) is 9.76. The number of aromatic nitrogens is 2. The topological polar surface area (TPSA) is 103 Å². The molecule has 5 rings (SSSR count). The third-order valence-corrected chi connectivity index (χ3v) is 7.60. The maximum Gasteiger partial charge on any atom is 0.330 e. The highest BCUT2D eigenvalue weighted by Crippen LogP contribution is 2.47. The molecule has 1 saturated heterocycles. The number of H-pyrrole nitrogens is 1. The molecule has 0 radical (unpaired) electrons. The quantitative estimate of drug-likeness (QED) is 0.336. The molecule has 2 heterocycles. The number of aryl methyl sites for hydroxylation is 1. The van der Waals surface area contributed by atoms with Crippen LogP contribution in [0.2, 0.25) is 0 Å². The predicted molar refractivity (Wildman–Crippen MR) is 148 cm³/mol. The molecule has 1 unspecified atom stereocenters. The van der Waals surface area contributed by atoms with Gasteiger partial charge in [-0.1, -0.05) is 54.6 Å². The lowest BCUT2D eigenvalue weighted by Crippen LogP contribution is -2.48. The van der Waals surface area contributed by atoms with Gasteiger partial charge in [0, 0.05) is 11.8 Å². The number of benzene rings is 3. The summed E-state index contributed by atoms with van der Waals surface area (Å²) in [7, 11) is 3.23. The van der Waals surface area contributed by atoms with Crippen LogP contribution in [-0.2, 0) is 10.2 Å². The molecule has 3 atom stereocenters. The number of nitrogens with zero attached hydrogens (tertiary/aromatic N) is 1. The Morgan fingerprint density at radius 1 is 0.872 bits per heavy atom. The molecule has 1 aromatic heterocycles. The van der Waals surface area contributed by atoms with Gasteiger partial charge < -0.3 is 19.3 Å². The van der Waals surface area contributed by atoms with Gasteiger partial charge in [0.05, 0.1) is 31.8 Å². The van der Waals surface area contributed by atoms with Crippen LogP contribution in [0.4, 0.5) is 0 Å². The van der Waals surface area contributed by atoms with Crippen LogP contribution in [0.25, 0.3) is 0 Å². The molecule has 8 nitrogen and oxygen atoms in total. The minimum atomic E-state index is -1.04. The van der Waals surface area contributed by atoms with Crippen LogP contribution in [0, 0.1) is 6.92 Å². The van der Waals surface area contributed by atoms with Crippen LogP contribution in [0.1, 0.15) is 41.3 Å². The highest BCUT2D eigenvalue weighted by atomic mass is 16.5. The molecule has 4 aromatic rings. The van der Waals surface area contributed by atoms with Crippen LogP contribution in [0.3, 0.4) is 0 Å². The van der Waals surface area contributed by atoms with Gasteiger partial charge in [0.15, 0.2) is 0 Å². The Morgan fingerprint density at radius 2 is 1.41 bits per heavy atom. The molecule has 0 spiro atoms. The Balaban J connectivity index is 1.65. The Hall–Kier alpha value is -4.14. The fraction of sp³-hybridized carbons (Fsp3) is 0.290. The van der Waals surface area contributed by atoms with Crippen LogP contribution >= 0.6 is 0 Å². The third-order valence-electron chi connectivity index (χ3n) is 7.60. The standard InChI is InChI=1S/C31H32N2O6/c1-20-19-33(30(36)32-29(20)35)27-18-17-26(39-27)28(34)31(21-7-5-4-6-8-21,22-9-13-24(37-2)14-10-22)23-11-15-25(38-3)16-12-23/h4-16,19,26-28,34H,17-18H2,1-3H3,(H,32,35,36)/t26-,27+,28?/m0/s1. The van der Waals surface area contributed by atoms with E-state index in [0.717, 1.165) is 16.7 Å². The highest BCUT2D eigenvalue weighted by Gasteiger charge is 2.49. The van der Waals surface area contributed by atoms with Crippen LogP contribution in [0.5, 0.6) is 11.5 Å². The fourth-order valence-electron chi connectivity index (χ4n) is 5.58. The maximum absolute atomic E-state index is 12.6. The molecule has 0 aliphatic carbocycles. The zero-order chi connectivity index (χ0) is 27.6. The first-order chi connectivity index (χ1) is 18.9. The van der Waals surface area contributed by atoms with Crippen molar-refractivity contribution in [2.75, 3.05) is 14.2 Å². The van der Waals surface area contributed by atoms with Crippen molar-refractivity contribution in [3.63, 3.8) is 0 Å². The second-order valence-electron chi connectivity index (χ2n) is 9.76. The van der Waals surface area contributed by atoms with E-state index in [2.05, 4.69) is 4.98 Å². The summed E-state index contributed by atoms with van der Waals surface area (Å²) in [4.78, 5) is 26.8. The smallest absolute Gasteiger partial charge is 0.330 e. The number of aromatic amines is 1. The first-order valence-corrected chi connectivity index (χ1v) is 12.9. The van der Waals surface area contributed by atoms with E-state index in [4.69, 9.17) is 14.2 Å². The van der Waals surface area contributed by atoms with Crippen molar-refractivity contribution in [1.29, 1.82) is 0 Å². The number of ether oxygens (including phenoxy) is 3. The molecule has 3 aromatic carbocycles. The lowest BCUT2D eigenvalue weighted by molar-refractivity contribution is -0.0757. The molecular formula is C31H32N2O6. The van der Waals surface area contributed by atoms with Crippen molar-refractivity contribution >= 4 is 0 Å². The number of hydrogen-bond donors (Lipinski definition) is 2. The highest BCUT2D eigenvalue weighted by molar-refractivity contribution is 5.54. The van der Waals surface area contributed by atoms with E-state index < -0.39 is 35.1 Å². The number of rotatable bonds is 8. The lowest BCUT2D eigenvalue weighted by Gasteiger charge is -2.42. The van der Waals surface area contributed by atoms with E-state index in [-0.39, 0.29) is 0 Å². The van der Waals surface area contributed by atoms with Gasteiger partial charge in [0.25, 0.3) is 5.56 Å². The summed E-state index contributed by atoms with van der Waals surface area (Å²) in [6, 6.07) is 25.2. The van der Waals surface area contributed by atoms with Gasteiger partial charge in [-0.15, -0.1) is 0 Å². The minimum absolute atomic E-state index is 0.414. The van der Waals surface area contributed by atoms with Crippen molar-refractivity contribution < 1.29 is 19.3 Å². The van der Waals surface area contributed by atoms with E-state index in [9.17, 15) is 14.7 Å². The van der Waals surface area contributed by atoms with E-state index in [1.807, 2.05) is 78.9 Å². The summed E-state index contributed by atoms with van der Waals surface area (Å²) < 4.78 is 18.6. The van der Waals surface area contributed by atoms with E-state index >= 15 is 0 Å². The monoisotopic (exact) mass is 528 g/mol. The number of aliphatic hydroxyl groups is 1. The number of methoxy groups -OCH3 is 2. The van der Waals surface area contributed by atoms with Crippen molar-refractivity contribution in [3.05, 3.63) is 128 Å². The minimum Gasteiger partial charge on any atom is -0.497 e. The predicted octanol–water partition coefficient (Wildman–Crippen LogP) is 3.94. The summed E-state index contributed by atoms with van der Waals surface area (Å²) in [6.07, 6.45) is 0.260. The summed E-state index contributed by atoms with van der Waals surface area (Å²) in [5.41, 5.74) is 1.03. The van der Waals surface area contributed by atoms with E-state index in [1.165, 1.54) is 10.8 Å². The third kappa shape index (κ3) is 4.77. The Morgan fingerprint density at radius 3 is 1.95 bits per heavy atom. The van der Waals surface area contributed by atoms with Crippen LogP contribution in [-0.4, -0.2) is 41.1 Å². The van der Waals surface area contributed by atoms with E-state index in [0.29, 0.717) is 29.9 Å². The summed E-state index contributed by atoms with van der Waals surface area (Å²) >= 11 is 0. The van der Waals surface area contributed by atoms with Crippen LogP contribution in [0.15, 0.2) is 94.6 Å². The number of aliphatic hydroxyl groups excluding tert-OH is 1. The molecule has 1 aliphatic rings. The first-order valence-electron chi connectivity index (χ1n) is 12.9. The van der Waals surface area contributed by atoms with Gasteiger partial charge in [0.1, 0.15) is 17.7 Å².